The Morgan fingerprint density at radius 1 is 1.29 bits per heavy atom. The maximum absolute atomic E-state index is 11.7. The average Bonchev–Trinajstić information content (AvgIpc) is 2.18. The van der Waals surface area contributed by atoms with Crippen LogP contribution in [0, 0.1) is 0 Å². The highest BCUT2D eigenvalue weighted by molar-refractivity contribution is 9.10. The van der Waals surface area contributed by atoms with Gasteiger partial charge in [-0.2, -0.15) is 13.2 Å². The molecule has 0 aliphatic heterocycles. The van der Waals surface area contributed by atoms with Gasteiger partial charge in [-0.25, -0.2) is 10.1 Å². The van der Waals surface area contributed by atoms with Gasteiger partial charge >= 0.3 is 12.3 Å². The van der Waals surface area contributed by atoms with Gasteiger partial charge in [-0.1, -0.05) is 34.1 Å². The number of carbonyl (C=O) groups is 1. The summed E-state index contributed by atoms with van der Waals surface area (Å²) in [6.07, 6.45) is -4.25. The van der Waals surface area contributed by atoms with Gasteiger partial charge in [0.1, 0.15) is 0 Å². The van der Waals surface area contributed by atoms with E-state index in [0.717, 1.165) is 15.4 Å². The van der Waals surface area contributed by atoms with Crippen LogP contribution < -0.4 is 10.6 Å². The first-order chi connectivity index (χ1) is 7.88. The Balaban J connectivity index is 2.34. The lowest BCUT2D eigenvalue weighted by molar-refractivity contribution is -0.145. The first kappa shape index (κ1) is 13.8. The first-order valence-electron chi connectivity index (χ1n) is 4.74. The molecule has 1 rings (SSSR count). The van der Waals surface area contributed by atoms with E-state index in [1.807, 2.05) is 24.3 Å². The lowest BCUT2D eigenvalue weighted by atomic mass is 10.1. The van der Waals surface area contributed by atoms with E-state index < -0.39 is 12.3 Å². The molecule has 0 saturated heterocycles. The van der Waals surface area contributed by atoms with E-state index in [1.165, 1.54) is 0 Å². The van der Waals surface area contributed by atoms with Crippen LogP contribution in [0.3, 0.4) is 0 Å². The Morgan fingerprint density at radius 2 is 1.94 bits per heavy atom. The minimum Gasteiger partial charge on any atom is -0.338 e. The molecule has 0 spiro atoms. The summed E-state index contributed by atoms with van der Waals surface area (Å²) in [7, 11) is 0. The molecular weight excluding hydrogens is 301 g/mol. The highest BCUT2D eigenvalue weighted by atomic mass is 79.9. The highest BCUT2D eigenvalue weighted by Gasteiger charge is 2.29. The van der Waals surface area contributed by atoms with E-state index in [1.54, 1.807) is 0 Å². The molecule has 2 amide bonds. The van der Waals surface area contributed by atoms with Gasteiger partial charge < -0.3 is 5.32 Å². The summed E-state index contributed by atoms with van der Waals surface area (Å²) in [5, 5.41) is 2.98. The number of benzene rings is 1. The number of hydrogen-bond acceptors (Lipinski definition) is 1. The molecule has 0 unspecified atom stereocenters. The number of urea groups is 1. The van der Waals surface area contributed by atoms with Gasteiger partial charge in [-0.3, -0.25) is 0 Å². The Hall–Kier alpha value is -1.24. The van der Waals surface area contributed by atoms with E-state index in [0.29, 0.717) is 6.42 Å². The van der Waals surface area contributed by atoms with Crippen LogP contribution in [0.4, 0.5) is 18.0 Å². The van der Waals surface area contributed by atoms with Crippen LogP contribution in [-0.4, -0.2) is 18.9 Å². The van der Waals surface area contributed by atoms with Crippen LogP contribution >= 0.6 is 15.9 Å². The molecule has 2 N–H and O–H groups in total. The van der Waals surface area contributed by atoms with Crippen LogP contribution in [0.25, 0.3) is 0 Å². The second-order valence-electron chi connectivity index (χ2n) is 3.22. The second kappa shape index (κ2) is 5.90. The molecule has 0 fully saturated rings. The summed E-state index contributed by atoms with van der Waals surface area (Å²) in [5.41, 5.74) is 0.916. The number of carbonyl (C=O) groups excluding carboxylic acids is 1. The molecule has 0 bridgehead atoms. The Morgan fingerprint density at radius 3 is 2.53 bits per heavy atom. The van der Waals surface area contributed by atoms with Gasteiger partial charge in [0.2, 0.25) is 0 Å². The third-order valence-electron chi connectivity index (χ3n) is 1.89. The van der Waals surface area contributed by atoms with Crippen molar-refractivity contribution < 1.29 is 18.0 Å². The van der Waals surface area contributed by atoms with E-state index in [9.17, 15) is 18.0 Å². The van der Waals surface area contributed by atoms with Crippen molar-refractivity contribution in [3.05, 3.63) is 34.3 Å². The standard InChI is InChI=1S/C10H10BrF3N2O/c11-8-4-2-1-3-7(8)5-6-15-9(17)16-10(12,13)14/h1-4H,5-6H2,(H2,15,16,17). The fourth-order valence-corrected chi connectivity index (χ4v) is 1.67. The number of halogens is 4. The van der Waals surface area contributed by atoms with Crippen LogP contribution in [0.1, 0.15) is 5.56 Å². The van der Waals surface area contributed by atoms with Crippen molar-refractivity contribution in [2.75, 3.05) is 6.54 Å². The van der Waals surface area contributed by atoms with Crippen molar-refractivity contribution >= 4 is 22.0 Å². The van der Waals surface area contributed by atoms with Crippen molar-refractivity contribution in [2.45, 2.75) is 12.7 Å². The molecule has 1 aromatic carbocycles. The van der Waals surface area contributed by atoms with E-state index >= 15 is 0 Å². The fraction of sp³-hybridized carbons (Fsp3) is 0.300. The summed E-state index contributed by atoms with van der Waals surface area (Å²) in [5.74, 6) is 0. The van der Waals surface area contributed by atoms with Crippen molar-refractivity contribution in [2.24, 2.45) is 0 Å². The highest BCUT2D eigenvalue weighted by Crippen LogP contribution is 2.15. The third kappa shape index (κ3) is 5.58. The Kier molecular flexibility index (Phi) is 4.80. The molecule has 0 heterocycles. The zero-order valence-corrected chi connectivity index (χ0v) is 10.2. The zero-order valence-electron chi connectivity index (χ0n) is 8.64. The number of rotatable bonds is 3. The SMILES string of the molecule is O=C(NCCc1ccccc1Br)NC(F)(F)F. The first-order valence-corrected chi connectivity index (χ1v) is 5.54. The molecular formula is C10H10BrF3N2O. The monoisotopic (exact) mass is 310 g/mol. The molecule has 0 radical (unpaired) electrons. The van der Waals surface area contributed by atoms with Crippen molar-refractivity contribution in [3.8, 4) is 0 Å². The normalized spacial score (nSPS) is 11.1. The summed E-state index contributed by atoms with van der Waals surface area (Å²) in [4.78, 5) is 10.8. The molecule has 3 nitrogen and oxygen atoms in total. The maximum Gasteiger partial charge on any atom is 0.485 e. The molecule has 17 heavy (non-hydrogen) atoms. The molecule has 0 aliphatic carbocycles. The smallest absolute Gasteiger partial charge is 0.338 e. The molecule has 94 valence electrons. The lowest BCUT2D eigenvalue weighted by Crippen LogP contribution is -2.44. The third-order valence-corrected chi connectivity index (χ3v) is 2.67. The fourth-order valence-electron chi connectivity index (χ4n) is 1.18. The average molecular weight is 311 g/mol. The van der Waals surface area contributed by atoms with Gasteiger partial charge in [-0.05, 0) is 18.1 Å². The molecule has 7 heteroatoms. The Labute approximate surface area is 105 Å². The number of nitrogens with one attached hydrogen (secondary N) is 2. The van der Waals surface area contributed by atoms with Crippen molar-refractivity contribution in [1.82, 2.24) is 10.6 Å². The molecule has 0 aromatic heterocycles. The predicted octanol–water partition coefficient (Wildman–Crippen LogP) is 2.81. The summed E-state index contributed by atoms with van der Waals surface area (Å²) in [6, 6.07) is 6.05. The van der Waals surface area contributed by atoms with Crippen molar-refractivity contribution in [1.29, 1.82) is 0 Å². The van der Waals surface area contributed by atoms with Crippen LogP contribution in [0.2, 0.25) is 0 Å². The zero-order chi connectivity index (χ0) is 12.9. The van der Waals surface area contributed by atoms with Crippen LogP contribution in [0.15, 0.2) is 28.7 Å². The molecule has 1 aromatic rings. The van der Waals surface area contributed by atoms with E-state index in [4.69, 9.17) is 0 Å². The summed E-state index contributed by atoms with van der Waals surface area (Å²) >= 11 is 3.30. The number of alkyl halides is 3. The van der Waals surface area contributed by atoms with E-state index in [-0.39, 0.29) is 6.54 Å². The van der Waals surface area contributed by atoms with Crippen LogP contribution in [0.5, 0.6) is 0 Å². The topological polar surface area (TPSA) is 41.1 Å². The second-order valence-corrected chi connectivity index (χ2v) is 4.07. The van der Waals surface area contributed by atoms with Gasteiger partial charge in [0.25, 0.3) is 0 Å². The quantitative estimate of drug-likeness (QED) is 0.828. The molecule has 0 saturated carbocycles. The van der Waals surface area contributed by atoms with Crippen LogP contribution in [-0.2, 0) is 6.42 Å². The number of amides is 2. The Bertz CT molecular complexity index is 395. The molecule has 0 atom stereocenters. The largest absolute Gasteiger partial charge is 0.485 e. The van der Waals surface area contributed by atoms with Gasteiger partial charge in [-0.15, -0.1) is 0 Å². The lowest BCUT2D eigenvalue weighted by Gasteiger charge is -2.10. The maximum atomic E-state index is 11.7. The van der Waals surface area contributed by atoms with Gasteiger partial charge in [0.05, 0.1) is 0 Å². The molecule has 0 aliphatic rings. The van der Waals surface area contributed by atoms with Gasteiger partial charge in [0.15, 0.2) is 0 Å². The van der Waals surface area contributed by atoms with E-state index in [2.05, 4.69) is 21.2 Å². The van der Waals surface area contributed by atoms with Crippen molar-refractivity contribution in [3.63, 3.8) is 0 Å². The predicted molar refractivity (Wildman–Crippen MR) is 60.4 cm³/mol. The summed E-state index contributed by atoms with van der Waals surface area (Å²) < 4.78 is 36.1. The number of hydrogen-bond donors (Lipinski definition) is 2. The minimum absolute atomic E-state index is 0.129. The van der Waals surface area contributed by atoms with Gasteiger partial charge in [0, 0.05) is 11.0 Å². The summed E-state index contributed by atoms with van der Waals surface area (Å²) in [6.45, 7) is 0.129. The minimum atomic E-state index is -4.70.